The number of amides is 1. The van der Waals surface area contributed by atoms with E-state index in [1.54, 1.807) is 42.5 Å². The predicted molar refractivity (Wildman–Crippen MR) is 107 cm³/mol. The first-order valence-corrected chi connectivity index (χ1v) is 10.0. The van der Waals surface area contributed by atoms with Gasteiger partial charge in [-0.2, -0.15) is 0 Å². The lowest BCUT2D eigenvalue weighted by Crippen LogP contribution is -2.16. The molecule has 0 fully saturated rings. The highest BCUT2D eigenvalue weighted by molar-refractivity contribution is 7.92. The standard InChI is InChI=1S/C21H20N2O3S/c1-2-16-11-13-18(14-12-16)22-21(24)17-7-6-10-20(15-17)27(25,26)23-19-8-4-3-5-9-19/h3-15,23H,2H2,1H3,(H,22,24). The number of carbonyl (C=O) groups excluding carboxylic acids is 1. The van der Waals surface area contributed by atoms with Crippen molar-refractivity contribution < 1.29 is 13.2 Å². The molecule has 5 nitrogen and oxygen atoms in total. The molecule has 0 bridgehead atoms. The third-order valence-corrected chi connectivity index (χ3v) is 5.43. The number of hydrogen-bond acceptors (Lipinski definition) is 3. The van der Waals surface area contributed by atoms with Crippen molar-refractivity contribution in [1.29, 1.82) is 0 Å². The highest BCUT2D eigenvalue weighted by Crippen LogP contribution is 2.18. The van der Waals surface area contributed by atoms with E-state index >= 15 is 0 Å². The van der Waals surface area contributed by atoms with Gasteiger partial charge in [-0.15, -0.1) is 0 Å². The molecule has 0 spiro atoms. The summed E-state index contributed by atoms with van der Waals surface area (Å²) in [5, 5.41) is 2.78. The molecule has 138 valence electrons. The van der Waals surface area contributed by atoms with Crippen LogP contribution in [0, 0.1) is 0 Å². The molecule has 0 heterocycles. The smallest absolute Gasteiger partial charge is 0.261 e. The molecule has 6 heteroatoms. The van der Waals surface area contributed by atoms with Gasteiger partial charge in [0, 0.05) is 16.9 Å². The Labute approximate surface area is 159 Å². The maximum atomic E-state index is 12.6. The fourth-order valence-electron chi connectivity index (χ4n) is 2.55. The molecule has 0 saturated heterocycles. The summed E-state index contributed by atoms with van der Waals surface area (Å²) in [5.74, 6) is -0.365. The third kappa shape index (κ3) is 4.74. The van der Waals surface area contributed by atoms with Crippen molar-refractivity contribution >= 4 is 27.3 Å². The second-order valence-corrected chi connectivity index (χ2v) is 7.69. The number of benzene rings is 3. The Hall–Kier alpha value is -3.12. The molecule has 0 saturated carbocycles. The Morgan fingerprint density at radius 1 is 0.852 bits per heavy atom. The minimum Gasteiger partial charge on any atom is -0.322 e. The summed E-state index contributed by atoms with van der Waals surface area (Å²) in [6.07, 6.45) is 0.919. The Balaban J connectivity index is 1.78. The maximum Gasteiger partial charge on any atom is 0.261 e. The molecule has 0 aromatic heterocycles. The van der Waals surface area contributed by atoms with Crippen LogP contribution in [-0.4, -0.2) is 14.3 Å². The Morgan fingerprint density at radius 2 is 1.56 bits per heavy atom. The van der Waals surface area contributed by atoms with Gasteiger partial charge in [-0.25, -0.2) is 8.42 Å². The van der Waals surface area contributed by atoms with Crippen LogP contribution in [0.5, 0.6) is 0 Å². The average molecular weight is 380 g/mol. The molecule has 1 amide bonds. The highest BCUT2D eigenvalue weighted by Gasteiger charge is 2.16. The Morgan fingerprint density at radius 3 is 2.22 bits per heavy atom. The number of rotatable bonds is 6. The first kappa shape index (κ1) is 18.7. The maximum absolute atomic E-state index is 12.6. The minimum atomic E-state index is -3.78. The van der Waals surface area contributed by atoms with E-state index in [1.165, 1.54) is 17.7 Å². The monoisotopic (exact) mass is 380 g/mol. The van der Waals surface area contributed by atoms with Crippen LogP contribution in [0.3, 0.4) is 0 Å². The van der Waals surface area contributed by atoms with E-state index in [0.717, 1.165) is 6.42 Å². The van der Waals surface area contributed by atoms with Crippen LogP contribution in [0.4, 0.5) is 11.4 Å². The summed E-state index contributed by atoms with van der Waals surface area (Å²) in [6, 6.07) is 22.1. The van der Waals surface area contributed by atoms with Crippen LogP contribution in [0.1, 0.15) is 22.8 Å². The molecular formula is C21H20N2O3S. The summed E-state index contributed by atoms with van der Waals surface area (Å²) in [5.41, 5.74) is 2.56. The van der Waals surface area contributed by atoms with E-state index in [1.807, 2.05) is 24.3 Å². The molecular weight excluding hydrogens is 360 g/mol. The molecule has 3 aromatic carbocycles. The summed E-state index contributed by atoms with van der Waals surface area (Å²) in [6.45, 7) is 2.06. The van der Waals surface area contributed by atoms with Gasteiger partial charge in [0.15, 0.2) is 0 Å². The molecule has 0 radical (unpaired) electrons. The van der Waals surface area contributed by atoms with Gasteiger partial charge in [0.25, 0.3) is 15.9 Å². The zero-order chi connectivity index (χ0) is 19.3. The zero-order valence-electron chi connectivity index (χ0n) is 14.8. The molecule has 3 aromatic rings. The lowest BCUT2D eigenvalue weighted by atomic mass is 10.1. The Bertz CT molecular complexity index is 1030. The van der Waals surface area contributed by atoms with Crippen molar-refractivity contribution in [3.05, 3.63) is 90.0 Å². The SMILES string of the molecule is CCc1ccc(NC(=O)c2cccc(S(=O)(=O)Nc3ccccc3)c2)cc1. The van der Waals surface area contributed by atoms with Crippen molar-refractivity contribution in [3.8, 4) is 0 Å². The van der Waals surface area contributed by atoms with E-state index in [2.05, 4.69) is 17.0 Å². The Kier molecular flexibility index (Phi) is 5.57. The molecule has 0 unspecified atom stereocenters. The van der Waals surface area contributed by atoms with Crippen molar-refractivity contribution in [2.75, 3.05) is 10.0 Å². The quantitative estimate of drug-likeness (QED) is 0.669. The number of sulfonamides is 1. The van der Waals surface area contributed by atoms with Crippen molar-refractivity contribution in [2.45, 2.75) is 18.2 Å². The van der Waals surface area contributed by atoms with Gasteiger partial charge in [0.2, 0.25) is 0 Å². The fourth-order valence-corrected chi connectivity index (χ4v) is 3.66. The van der Waals surface area contributed by atoms with E-state index in [-0.39, 0.29) is 16.4 Å². The van der Waals surface area contributed by atoms with Crippen molar-refractivity contribution in [1.82, 2.24) is 0 Å². The summed E-state index contributed by atoms with van der Waals surface area (Å²) in [4.78, 5) is 12.5. The third-order valence-electron chi connectivity index (χ3n) is 4.05. The van der Waals surface area contributed by atoms with Crippen LogP contribution in [0.15, 0.2) is 83.8 Å². The molecule has 0 aliphatic heterocycles. The van der Waals surface area contributed by atoms with Gasteiger partial charge in [-0.05, 0) is 54.4 Å². The van der Waals surface area contributed by atoms with Crippen molar-refractivity contribution in [2.24, 2.45) is 0 Å². The fraction of sp³-hybridized carbons (Fsp3) is 0.0952. The van der Waals surface area contributed by atoms with Crippen LogP contribution < -0.4 is 10.0 Å². The lowest BCUT2D eigenvalue weighted by Gasteiger charge is -2.10. The predicted octanol–water partition coefficient (Wildman–Crippen LogP) is 4.30. The van der Waals surface area contributed by atoms with Crippen LogP contribution in [0.2, 0.25) is 0 Å². The molecule has 0 aliphatic rings. The first-order chi connectivity index (χ1) is 13.0. The number of carbonyl (C=O) groups is 1. The minimum absolute atomic E-state index is 0.0281. The van der Waals surface area contributed by atoms with Crippen molar-refractivity contribution in [3.63, 3.8) is 0 Å². The van der Waals surface area contributed by atoms with Gasteiger partial charge >= 0.3 is 0 Å². The van der Waals surface area contributed by atoms with Crippen LogP contribution in [0.25, 0.3) is 0 Å². The number of nitrogens with one attached hydrogen (secondary N) is 2. The lowest BCUT2D eigenvalue weighted by molar-refractivity contribution is 0.102. The number of aryl methyl sites for hydroxylation is 1. The second-order valence-electron chi connectivity index (χ2n) is 6.00. The molecule has 27 heavy (non-hydrogen) atoms. The van der Waals surface area contributed by atoms with Crippen LogP contribution in [-0.2, 0) is 16.4 Å². The zero-order valence-corrected chi connectivity index (χ0v) is 15.7. The molecule has 2 N–H and O–H groups in total. The summed E-state index contributed by atoms with van der Waals surface area (Å²) < 4.78 is 27.6. The van der Waals surface area contributed by atoms with E-state index < -0.39 is 10.0 Å². The van der Waals surface area contributed by atoms with Gasteiger partial charge in [-0.3, -0.25) is 9.52 Å². The molecule has 0 aliphatic carbocycles. The normalized spacial score (nSPS) is 11.0. The summed E-state index contributed by atoms with van der Waals surface area (Å²) >= 11 is 0. The number of para-hydroxylation sites is 1. The average Bonchev–Trinajstić information content (AvgIpc) is 2.69. The van der Waals surface area contributed by atoms with E-state index in [4.69, 9.17) is 0 Å². The van der Waals surface area contributed by atoms with Crippen LogP contribution >= 0.6 is 0 Å². The first-order valence-electron chi connectivity index (χ1n) is 8.56. The molecule has 3 rings (SSSR count). The van der Waals surface area contributed by atoms with Gasteiger partial charge < -0.3 is 5.32 Å². The largest absolute Gasteiger partial charge is 0.322 e. The summed E-state index contributed by atoms with van der Waals surface area (Å²) in [7, 11) is -3.78. The van der Waals surface area contributed by atoms with Gasteiger partial charge in [0.1, 0.15) is 0 Å². The van der Waals surface area contributed by atoms with E-state index in [0.29, 0.717) is 11.4 Å². The molecule has 0 atom stereocenters. The van der Waals surface area contributed by atoms with E-state index in [9.17, 15) is 13.2 Å². The highest BCUT2D eigenvalue weighted by atomic mass is 32.2. The number of hydrogen-bond donors (Lipinski definition) is 2. The van der Waals surface area contributed by atoms with Gasteiger partial charge in [0.05, 0.1) is 4.90 Å². The number of anilines is 2. The topological polar surface area (TPSA) is 75.3 Å². The second kappa shape index (κ2) is 8.05. The van der Waals surface area contributed by atoms with Gasteiger partial charge in [-0.1, -0.05) is 43.3 Å².